The fraction of sp³-hybridized carbons (Fsp3) is 0.250. The Morgan fingerprint density at radius 3 is 3.00 bits per heavy atom. The average Bonchev–Trinajstić information content (AvgIpc) is 3.01. The highest BCUT2D eigenvalue weighted by Gasteiger charge is 2.20. The van der Waals surface area contributed by atoms with E-state index in [9.17, 15) is 0 Å². The van der Waals surface area contributed by atoms with Gasteiger partial charge in [0.15, 0.2) is 0 Å². The SMILES string of the molecule is NCc1cc2ccccc2c(N2CCn3ccnc3C2)n1. The van der Waals surface area contributed by atoms with E-state index in [4.69, 9.17) is 10.7 Å². The fourth-order valence-electron chi connectivity index (χ4n) is 2.93. The summed E-state index contributed by atoms with van der Waals surface area (Å²) in [6.45, 7) is 3.13. The molecule has 4 rings (SSSR count). The van der Waals surface area contributed by atoms with Crippen LogP contribution in [0.3, 0.4) is 0 Å². The van der Waals surface area contributed by atoms with E-state index in [-0.39, 0.29) is 0 Å². The minimum Gasteiger partial charge on any atom is -0.347 e. The zero-order valence-corrected chi connectivity index (χ0v) is 11.7. The largest absolute Gasteiger partial charge is 0.347 e. The highest BCUT2D eigenvalue weighted by Crippen LogP contribution is 2.28. The van der Waals surface area contributed by atoms with Crippen molar-refractivity contribution in [3.05, 3.63) is 54.2 Å². The minimum atomic E-state index is 0.459. The van der Waals surface area contributed by atoms with Crippen molar-refractivity contribution in [3.8, 4) is 0 Å². The summed E-state index contributed by atoms with van der Waals surface area (Å²) >= 11 is 0. The maximum Gasteiger partial charge on any atom is 0.137 e. The van der Waals surface area contributed by atoms with Gasteiger partial charge in [-0.15, -0.1) is 0 Å². The van der Waals surface area contributed by atoms with E-state index in [0.717, 1.165) is 37.0 Å². The highest BCUT2D eigenvalue weighted by molar-refractivity contribution is 5.92. The van der Waals surface area contributed by atoms with Crippen LogP contribution in [0.4, 0.5) is 5.82 Å². The molecule has 0 aliphatic carbocycles. The van der Waals surface area contributed by atoms with Gasteiger partial charge in [0.25, 0.3) is 0 Å². The minimum absolute atomic E-state index is 0.459. The Bertz CT molecular complexity index is 792. The number of fused-ring (bicyclic) bond motifs is 2. The number of nitrogens with zero attached hydrogens (tertiary/aromatic N) is 4. The van der Waals surface area contributed by atoms with Gasteiger partial charge in [-0.3, -0.25) is 0 Å². The van der Waals surface area contributed by atoms with Crippen LogP contribution in [0.2, 0.25) is 0 Å². The molecule has 0 unspecified atom stereocenters. The highest BCUT2D eigenvalue weighted by atomic mass is 15.3. The fourth-order valence-corrected chi connectivity index (χ4v) is 2.93. The molecule has 0 bridgehead atoms. The quantitative estimate of drug-likeness (QED) is 0.778. The molecular formula is C16H17N5. The van der Waals surface area contributed by atoms with E-state index in [1.165, 1.54) is 10.8 Å². The summed E-state index contributed by atoms with van der Waals surface area (Å²) in [5, 5.41) is 2.37. The molecule has 0 radical (unpaired) electrons. The van der Waals surface area contributed by atoms with E-state index >= 15 is 0 Å². The molecule has 0 spiro atoms. The van der Waals surface area contributed by atoms with Gasteiger partial charge in [-0.2, -0.15) is 0 Å². The van der Waals surface area contributed by atoms with Crippen LogP contribution in [0, 0.1) is 0 Å². The van der Waals surface area contributed by atoms with Crippen molar-refractivity contribution in [2.24, 2.45) is 5.73 Å². The monoisotopic (exact) mass is 279 g/mol. The number of hydrogen-bond acceptors (Lipinski definition) is 4. The smallest absolute Gasteiger partial charge is 0.137 e. The lowest BCUT2D eigenvalue weighted by molar-refractivity contribution is 0.557. The lowest BCUT2D eigenvalue weighted by atomic mass is 10.1. The van der Waals surface area contributed by atoms with Gasteiger partial charge in [0, 0.05) is 37.4 Å². The second kappa shape index (κ2) is 4.86. The summed E-state index contributed by atoms with van der Waals surface area (Å²) in [6, 6.07) is 10.4. The van der Waals surface area contributed by atoms with E-state index in [1.54, 1.807) is 0 Å². The summed E-state index contributed by atoms with van der Waals surface area (Å²) < 4.78 is 2.20. The van der Waals surface area contributed by atoms with Gasteiger partial charge in [0.05, 0.1) is 12.2 Å². The first-order chi connectivity index (χ1) is 10.3. The molecule has 0 amide bonds. The van der Waals surface area contributed by atoms with Crippen LogP contribution >= 0.6 is 0 Å². The average molecular weight is 279 g/mol. The number of benzene rings is 1. The predicted molar refractivity (Wildman–Crippen MR) is 82.9 cm³/mol. The second-order valence-electron chi connectivity index (χ2n) is 5.32. The molecule has 3 heterocycles. The Labute approximate surface area is 123 Å². The van der Waals surface area contributed by atoms with Crippen molar-refractivity contribution >= 4 is 16.6 Å². The first-order valence-electron chi connectivity index (χ1n) is 7.19. The van der Waals surface area contributed by atoms with Gasteiger partial charge in [0.1, 0.15) is 11.6 Å². The number of rotatable bonds is 2. The summed E-state index contributed by atoms with van der Waals surface area (Å²) in [7, 11) is 0. The molecule has 0 saturated heterocycles. The zero-order chi connectivity index (χ0) is 14.2. The number of anilines is 1. The van der Waals surface area contributed by atoms with Crippen LogP contribution in [0.5, 0.6) is 0 Å². The van der Waals surface area contributed by atoms with Crippen molar-refractivity contribution in [1.82, 2.24) is 14.5 Å². The summed E-state index contributed by atoms with van der Waals surface area (Å²) in [4.78, 5) is 11.5. The number of hydrogen-bond donors (Lipinski definition) is 1. The lowest BCUT2D eigenvalue weighted by Crippen LogP contribution is -2.34. The van der Waals surface area contributed by atoms with Crippen molar-refractivity contribution in [2.45, 2.75) is 19.6 Å². The molecule has 5 heteroatoms. The van der Waals surface area contributed by atoms with Crippen LogP contribution in [0.15, 0.2) is 42.7 Å². The van der Waals surface area contributed by atoms with Crippen molar-refractivity contribution in [2.75, 3.05) is 11.4 Å². The Morgan fingerprint density at radius 2 is 2.10 bits per heavy atom. The van der Waals surface area contributed by atoms with Gasteiger partial charge in [0.2, 0.25) is 0 Å². The third-order valence-electron chi connectivity index (χ3n) is 4.03. The number of aromatic nitrogens is 3. The Hall–Kier alpha value is -2.40. The van der Waals surface area contributed by atoms with Gasteiger partial charge >= 0.3 is 0 Å². The second-order valence-corrected chi connectivity index (χ2v) is 5.32. The van der Waals surface area contributed by atoms with Crippen LogP contribution in [0.1, 0.15) is 11.5 Å². The molecule has 0 atom stereocenters. The molecule has 0 saturated carbocycles. The summed E-state index contributed by atoms with van der Waals surface area (Å²) in [5.74, 6) is 2.10. The Balaban J connectivity index is 1.83. The number of pyridine rings is 1. The molecule has 21 heavy (non-hydrogen) atoms. The van der Waals surface area contributed by atoms with Crippen LogP contribution in [-0.4, -0.2) is 21.1 Å². The molecule has 1 aromatic carbocycles. The van der Waals surface area contributed by atoms with Crippen molar-refractivity contribution in [3.63, 3.8) is 0 Å². The van der Waals surface area contributed by atoms with Gasteiger partial charge < -0.3 is 15.2 Å². The molecule has 0 fully saturated rings. The maximum absolute atomic E-state index is 5.80. The van der Waals surface area contributed by atoms with Gasteiger partial charge in [-0.25, -0.2) is 9.97 Å². The molecule has 1 aliphatic rings. The zero-order valence-electron chi connectivity index (χ0n) is 11.7. The number of imidazole rings is 1. The topological polar surface area (TPSA) is 60.0 Å². The molecule has 1 aliphatic heterocycles. The van der Waals surface area contributed by atoms with Crippen molar-refractivity contribution < 1.29 is 0 Å². The van der Waals surface area contributed by atoms with Crippen LogP contribution < -0.4 is 10.6 Å². The molecule has 2 N–H and O–H groups in total. The van der Waals surface area contributed by atoms with E-state index in [2.05, 4.69) is 44.8 Å². The summed E-state index contributed by atoms with van der Waals surface area (Å²) in [6.07, 6.45) is 3.90. The number of nitrogens with two attached hydrogens (primary N) is 1. The molecule has 3 aromatic rings. The Kier molecular flexibility index (Phi) is 2.86. The lowest BCUT2D eigenvalue weighted by Gasteiger charge is -2.29. The summed E-state index contributed by atoms with van der Waals surface area (Å²) in [5.41, 5.74) is 6.73. The first-order valence-corrected chi connectivity index (χ1v) is 7.19. The molecule has 106 valence electrons. The van der Waals surface area contributed by atoms with E-state index in [0.29, 0.717) is 6.54 Å². The molecule has 2 aromatic heterocycles. The van der Waals surface area contributed by atoms with E-state index < -0.39 is 0 Å². The third-order valence-corrected chi connectivity index (χ3v) is 4.03. The first kappa shape index (κ1) is 12.3. The predicted octanol–water partition coefficient (Wildman–Crippen LogP) is 1.91. The van der Waals surface area contributed by atoms with Crippen LogP contribution in [0.25, 0.3) is 10.8 Å². The van der Waals surface area contributed by atoms with E-state index in [1.807, 2.05) is 12.4 Å². The third kappa shape index (κ3) is 2.06. The molecule has 5 nitrogen and oxygen atoms in total. The molecular weight excluding hydrogens is 262 g/mol. The normalized spacial score (nSPS) is 14.4. The van der Waals surface area contributed by atoms with Crippen molar-refractivity contribution in [1.29, 1.82) is 0 Å². The standard InChI is InChI=1S/C16H17N5/c17-10-13-9-12-3-1-2-4-14(12)16(19-13)21-8-7-20-6-5-18-15(20)11-21/h1-6,9H,7-8,10-11,17H2. The maximum atomic E-state index is 5.80. The Morgan fingerprint density at radius 1 is 1.19 bits per heavy atom. The van der Waals surface area contributed by atoms with Gasteiger partial charge in [-0.05, 0) is 11.5 Å². The van der Waals surface area contributed by atoms with Gasteiger partial charge in [-0.1, -0.05) is 24.3 Å². The van der Waals surface area contributed by atoms with Crippen LogP contribution in [-0.2, 0) is 19.6 Å².